The maximum atomic E-state index is 4.65. The van der Waals surface area contributed by atoms with Crippen LogP contribution < -0.4 is 5.32 Å². The van der Waals surface area contributed by atoms with Gasteiger partial charge in [-0.3, -0.25) is 4.99 Å². The monoisotopic (exact) mass is 378 g/mol. The van der Waals surface area contributed by atoms with Gasteiger partial charge in [0.1, 0.15) is 0 Å². The number of halogens is 1. The van der Waals surface area contributed by atoms with Crippen molar-refractivity contribution >= 4 is 29.9 Å². The van der Waals surface area contributed by atoms with Crippen LogP contribution >= 0.6 is 24.0 Å². The highest BCUT2D eigenvalue weighted by molar-refractivity contribution is 14.0. The summed E-state index contributed by atoms with van der Waals surface area (Å²) >= 11 is 0. The lowest BCUT2D eigenvalue weighted by atomic mass is 10.2. The van der Waals surface area contributed by atoms with Crippen molar-refractivity contribution in [3.63, 3.8) is 0 Å². The third-order valence-corrected chi connectivity index (χ3v) is 2.75. The number of guanidine groups is 1. The first-order valence-electron chi connectivity index (χ1n) is 6.64. The molecule has 0 spiro atoms. The summed E-state index contributed by atoms with van der Waals surface area (Å²) in [5.41, 5.74) is 1.28. The highest BCUT2D eigenvalue weighted by atomic mass is 127. The quantitative estimate of drug-likeness (QED) is 0.486. The van der Waals surface area contributed by atoms with Gasteiger partial charge in [-0.1, -0.05) is 13.8 Å². The zero-order chi connectivity index (χ0) is 13.5. The van der Waals surface area contributed by atoms with Crippen LogP contribution in [0, 0.1) is 5.92 Å². The van der Waals surface area contributed by atoms with E-state index in [4.69, 9.17) is 0 Å². The fraction of sp³-hybridized carbons (Fsp3) is 0.643. The minimum absolute atomic E-state index is 0. The normalized spacial score (nSPS) is 11.4. The van der Waals surface area contributed by atoms with Crippen LogP contribution in [0.2, 0.25) is 0 Å². The second-order valence-corrected chi connectivity index (χ2v) is 5.05. The molecule has 0 unspecified atom stereocenters. The first kappa shape index (κ1) is 18.3. The van der Waals surface area contributed by atoms with E-state index in [2.05, 4.69) is 73.0 Å². The Morgan fingerprint density at radius 2 is 2.16 bits per heavy atom. The second kappa shape index (κ2) is 9.23. The lowest BCUT2D eigenvalue weighted by Gasteiger charge is -2.22. The topological polar surface area (TPSA) is 32.6 Å². The molecule has 1 rings (SSSR count). The van der Waals surface area contributed by atoms with Gasteiger partial charge in [-0.15, -0.1) is 24.0 Å². The van der Waals surface area contributed by atoms with Gasteiger partial charge in [-0.05, 0) is 25.0 Å². The Morgan fingerprint density at radius 3 is 2.63 bits per heavy atom. The number of hydrogen-bond acceptors (Lipinski definition) is 1. The maximum Gasteiger partial charge on any atom is 0.194 e. The van der Waals surface area contributed by atoms with Crippen molar-refractivity contribution in [2.75, 3.05) is 20.1 Å². The molecule has 4 nitrogen and oxygen atoms in total. The molecule has 0 atom stereocenters. The van der Waals surface area contributed by atoms with E-state index in [1.165, 1.54) is 5.69 Å². The molecule has 19 heavy (non-hydrogen) atoms. The van der Waals surface area contributed by atoms with Crippen molar-refractivity contribution < 1.29 is 0 Å². The number of nitrogens with one attached hydrogen (secondary N) is 1. The standard InChI is InChI=1S/C14H26N4.HI/c1-6-15-14(16-10-12(2)3)18(5)11-13-8-7-9-17(13)4;/h7-9,12H,6,10-11H2,1-5H3,(H,15,16);1H. The molecule has 0 aliphatic rings. The summed E-state index contributed by atoms with van der Waals surface area (Å²) in [6, 6.07) is 4.21. The first-order valence-corrected chi connectivity index (χ1v) is 6.64. The van der Waals surface area contributed by atoms with Crippen LogP contribution in [0.1, 0.15) is 26.5 Å². The highest BCUT2D eigenvalue weighted by Gasteiger charge is 2.08. The van der Waals surface area contributed by atoms with Gasteiger partial charge in [0.15, 0.2) is 5.96 Å². The van der Waals surface area contributed by atoms with Crippen LogP contribution in [0.15, 0.2) is 23.3 Å². The van der Waals surface area contributed by atoms with Crippen molar-refractivity contribution in [1.82, 2.24) is 14.8 Å². The second-order valence-electron chi connectivity index (χ2n) is 5.05. The summed E-state index contributed by atoms with van der Waals surface area (Å²) in [6.07, 6.45) is 2.07. The lowest BCUT2D eigenvalue weighted by molar-refractivity contribution is 0.459. The molecule has 110 valence electrons. The molecule has 0 aliphatic heterocycles. The zero-order valence-corrected chi connectivity index (χ0v) is 15.0. The van der Waals surface area contributed by atoms with Crippen LogP contribution in [-0.2, 0) is 13.6 Å². The third-order valence-electron chi connectivity index (χ3n) is 2.75. The number of aliphatic imine (C=N–C) groups is 1. The van der Waals surface area contributed by atoms with E-state index in [-0.39, 0.29) is 24.0 Å². The molecular weight excluding hydrogens is 351 g/mol. The van der Waals surface area contributed by atoms with Crippen molar-refractivity contribution in [2.24, 2.45) is 18.0 Å². The molecule has 1 heterocycles. The number of rotatable bonds is 5. The van der Waals surface area contributed by atoms with E-state index in [1.54, 1.807) is 0 Å². The van der Waals surface area contributed by atoms with Gasteiger partial charge in [0.2, 0.25) is 0 Å². The predicted octanol–water partition coefficient (Wildman–Crippen LogP) is 2.70. The fourth-order valence-corrected chi connectivity index (χ4v) is 1.72. The van der Waals surface area contributed by atoms with E-state index in [1.807, 2.05) is 0 Å². The van der Waals surface area contributed by atoms with E-state index < -0.39 is 0 Å². The summed E-state index contributed by atoms with van der Waals surface area (Å²) in [5, 5.41) is 3.34. The van der Waals surface area contributed by atoms with Gasteiger partial charge in [0.25, 0.3) is 0 Å². The summed E-state index contributed by atoms with van der Waals surface area (Å²) in [7, 11) is 4.15. The molecule has 0 amide bonds. The van der Waals surface area contributed by atoms with E-state index >= 15 is 0 Å². The molecular formula is C14H27IN4. The molecule has 0 radical (unpaired) electrons. The summed E-state index contributed by atoms with van der Waals surface area (Å²) < 4.78 is 2.14. The SMILES string of the molecule is CCNC(=NCC(C)C)N(C)Cc1cccn1C.I. The Morgan fingerprint density at radius 1 is 1.47 bits per heavy atom. The summed E-state index contributed by atoms with van der Waals surface area (Å²) in [6.45, 7) is 9.09. The summed E-state index contributed by atoms with van der Waals surface area (Å²) in [5.74, 6) is 1.56. The predicted molar refractivity (Wildman–Crippen MR) is 93.1 cm³/mol. The Kier molecular flexibility index (Phi) is 8.88. The molecule has 1 aromatic heterocycles. The molecule has 0 saturated heterocycles. The molecule has 0 fully saturated rings. The summed E-state index contributed by atoms with van der Waals surface area (Å²) in [4.78, 5) is 6.81. The highest BCUT2D eigenvalue weighted by Crippen LogP contribution is 2.04. The first-order chi connectivity index (χ1) is 8.54. The van der Waals surface area contributed by atoms with Crippen LogP contribution in [0.4, 0.5) is 0 Å². The Hall–Kier alpha value is -0.720. The minimum atomic E-state index is 0. The van der Waals surface area contributed by atoms with Gasteiger partial charge in [0, 0.05) is 39.1 Å². The van der Waals surface area contributed by atoms with Gasteiger partial charge in [0.05, 0.1) is 6.54 Å². The zero-order valence-electron chi connectivity index (χ0n) is 12.7. The lowest BCUT2D eigenvalue weighted by Crippen LogP contribution is -2.39. The molecule has 1 N–H and O–H groups in total. The third kappa shape index (κ3) is 6.31. The minimum Gasteiger partial charge on any atom is -0.357 e. The van der Waals surface area contributed by atoms with Crippen molar-refractivity contribution in [2.45, 2.75) is 27.3 Å². The van der Waals surface area contributed by atoms with Gasteiger partial charge in [-0.25, -0.2) is 0 Å². The number of aromatic nitrogens is 1. The van der Waals surface area contributed by atoms with Crippen LogP contribution in [0.3, 0.4) is 0 Å². The fourth-order valence-electron chi connectivity index (χ4n) is 1.72. The maximum absolute atomic E-state index is 4.65. The molecule has 5 heteroatoms. The Balaban J connectivity index is 0.00000324. The van der Waals surface area contributed by atoms with Gasteiger partial charge >= 0.3 is 0 Å². The molecule has 0 aromatic carbocycles. The number of aryl methyl sites for hydroxylation is 1. The van der Waals surface area contributed by atoms with Crippen LogP contribution in [-0.4, -0.2) is 35.6 Å². The number of hydrogen-bond donors (Lipinski definition) is 1. The van der Waals surface area contributed by atoms with Gasteiger partial charge < -0.3 is 14.8 Å². The van der Waals surface area contributed by atoms with Crippen molar-refractivity contribution in [3.8, 4) is 0 Å². The average Bonchev–Trinajstić information content (AvgIpc) is 2.70. The molecule has 0 bridgehead atoms. The Bertz CT molecular complexity index is 385. The van der Waals surface area contributed by atoms with E-state index in [0.717, 1.165) is 25.6 Å². The van der Waals surface area contributed by atoms with Gasteiger partial charge in [-0.2, -0.15) is 0 Å². The largest absolute Gasteiger partial charge is 0.357 e. The Labute approximate surface area is 134 Å². The van der Waals surface area contributed by atoms with E-state index in [0.29, 0.717) is 5.92 Å². The molecule has 0 saturated carbocycles. The number of nitrogens with zero attached hydrogens (tertiary/aromatic N) is 3. The smallest absolute Gasteiger partial charge is 0.194 e. The average molecular weight is 378 g/mol. The van der Waals surface area contributed by atoms with Crippen LogP contribution in [0.5, 0.6) is 0 Å². The molecule has 1 aromatic rings. The van der Waals surface area contributed by atoms with Crippen molar-refractivity contribution in [1.29, 1.82) is 0 Å². The van der Waals surface area contributed by atoms with Crippen LogP contribution in [0.25, 0.3) is 0 Å². The van der Waals surface area contributed by atoms with Crippen molar-refractivity contribution in [3.05, 3.63) is 24.0 Å². The van der Waals surface area contributed by atoms with E-state index in [9.17, 15) is 0 Å². The molecule has 0 aliphatic carbocycles.